The molecular formula is C13H9N3O2. The van der Waals surface area contributed by atoms with E-state index < -0.39 is 5.97 Å². The minimum Gasteiger partial charge on any atom is -0.477 e. The number of benzene rings is 1. The van der Waals surface area contributed by atoms with Crippen molar-refractivity contribution in [2.24, 2.45) is 0 Å². The number of aromatic nitrogens is 3. The van der Waals surface area contributed by atoms with Crippen LogP contribution in [0.4, 0.5) is 0 Å². The maximum atomic E-state index is 11.1. The molecule has 1 aromatic carbocycles. The highest BCUT2D eigenvalue weighted by atomic mass is 16.4. The van der Waals surface area contributed by atoms with Crippen LogP contribution in [-0.4, -0.2) is 25.7 Å². The molecule has 0 spiro atoms. The molecule has 1 N–H and O–H groups in total. The number of aromatic carboxylic acids is 1. The highest BCUT2D eigenvalue weighted by molar-refractivity contribution is 5.86. The van der Waals surface area contributed by atoms with Gasteiger partial charge in [-0.25, -0.2) is 14.3 Å². The molecule has 2 heterocycles. The van der Waals surface area contributed by atoms with Gasteiger partial charge in [-0.15, -0.1) is 0 Å². The molecule has 5 nitrogen and oxygen atoms in total. The standard InChI is InChI=1S/C13H9N3O2/c17-13(18)11-6-7-14-12-8-10(15-16(11)12)9-4-2-1-3-5-9/h1-8H,(H,17,18). The fraction of sp³-hybridized carbons (Fsp3) is 0. The maximum absolute atomic E-state index is 11.1. The summed E-state index contributed by atoms with van der Waals surface area (Å²) >= 11 is 0. The van der Waals surface area contributed by atoms with Crippen molar-refractivity contribution in [1.82, 2.24) is 14.6 Å². The summed E-state index contributed by atoms with van der Waals surface area (Å²) in [6, 6.07) is 12.8. The van der Waals surface area contributed by atoms with Gasteiger partial charge in [0.1, 0.15) is 0 Å². The molecule has 0 aliphatic rings. The number of fused-ring (bicyclic) bond motifs is 1. The Morgan fingerprint density at radius 2 is 1.94 bits per heavy atom. The number of carbonyl (C=O) groups is 1. The van der Waals surface area contributed by atoms with E-state index in [1.165, 1.54) is 16.8 Å². The highest BCUT2D eigenvalue weighted by Gasteiger charge is 2.12. The molecule has 0 aliphatic carbocycles. The van der Waals surface area contributed by atoms with E-state index in [1.54, 1.807) is 6.07 Å². The van der Waals surface area contributed by atoms with Gasteiger partial charge in [-0.1, -0.05) is 30.3 Å². The molecular weight excluding hydrogens is 230 g/mol. The SMILES string of the molecule is O=C(O)c1ccnc2cc(-c3ccccc3)nn12. The molecule has 0 saturated heterocycles. The summed E-state index contributed by atoms with van der Waals surface area (Å²) in [5, 5.41) is 13.4. The monoisotopic (exact) mass is 239 g/mol. The third kappa shape index (κ3) is 1.62. The Morgan fingerprint density at radius 1 is 1.17 bits per heavy atom. The van der Waals surface area contributed by atoms with Gasteiger partial charge in [-0.05, 0) is 6.07 Å². The summed E-state index contributed by atoms with van der Waals surface area (Å²) in [5.74, 6) is -1.02. The molecule has 0 fully saturated rings. The second kappa shape index (κ2) is 3.96. The predicted molar refractivity (Wildman–Crippen MR) is 65.4 cm³/mol. The Morgan fingerprint density at radius 3 is 2.67 bits per heavy atom. The number of carboxylic acids is 1. The van der Waals surface area contributed by atoms with Crippen LogP contribution in [0.1, 0.15) is 10.5 Å². The van der Waals surface area contributed by atoms with Crippen LogP contribution in [0.2, 0.25) is 0 Å². The lowest BCUT2D eigenvalue weighted by atomic mass is 10.2. The van der Waals surface area contributed by atoms with Crippen molar-refractivity contribution in [2.75, 3.05) is 0 Å². The first-order valence-electron chi connectivity index (χ1n) is 5.39. The Balaban J connectivity index is 2.23. The summed E-state index contributed by atoms with van der Waals surface area (Å²) in [6.07, 6.45) is 1.47. The lowest BCUT2D eigenvalue weighted by molar-refractivity contribution is 0.0687. The van der Waals surface area contributed by atoms with E-state index >= 15 is 0 Å². The van der Waals surface area contributed by atoms with Crippen molar-refractivity contribution >= 4 is 11.6 Å². The molecule has 0 bridgehead atoms. The summed E-state index contributed by atoms with van der Waals surface area (Å²) < 4.78 is 1.34. The number of hydrogen-bond donors (Lipinski definition) is 1. The van der Waals surface area contributed by atoms with Crippen LogP contribution in [-0.2, 0) is 0 Å². The minimum atomic E-state index is -1.02. The largest absolute Gasteiger partial charge is 0.477 e. The first kappa shape index (κ1) is 10.5. The van der Waals surface area contributed by atoms with Gasteiger partial charge in [0.2, 0.25) is 0 Å². The molecule has 0 unspecified atom stereocenters. The van der Waals surface area contributed by atoms with Crippen LogP contribution in [0.3, 0.4) is 0 Å². The maximum Gasteiger partial charge on any atom is 0.354 e. The predicted octanol–water partition coefficient (Wildman–Crippen LogP) is 2.09. The zero-order valence-corrected chi connectivity index (χ0v) is 9.32. The van der Waals surface area contributed by atoms with E-state index in [0.717, 1.165) is 5.56 Å². The van der Waals surface area contributed by atoms with Crippen molar-refractivity contribution in [3.05, 3.63) is 54.4 Å². The third-order valence-electron chi connectivity index (χ3n) is 2.65. The van der Waals surface area contributed by atoms with Crippen LogP contribution in [0.5, 0.6) is 0 Å². The van der Waals surface area contributed by atoms with Gasteiger partial charge >= 0.3 is 5.97 Å². The van der Waals surface area contributed by atoms with E-state index in [2.05, 4.69) is 10.1 Å². The topological polar surface area (TPSA) is 67.5 Å². The Kier molecular flexibility index (Phi) is 2.30. The molecule has 2 aromatic heterocycles. The molecule has 3 rings (SSSR count). The molecule has 5 heteroatoms. The van der Waals surface area contributed by atoms with E-state index in [4.69, 9.17) is 5.11 Å². The quantitative estimate of drug-likeness (QED) is 0.743. The van der Waals surface area contributed by atoms with E-state index in [9.17, 15) is 4.79 Å². The van der Waals surface area contributed by atoms with Crippen molar-refractivity contribution in [3.8, 4) is 11.3 Å². The zero-order valence-electron chi connectivity index (χ0n) is 9.32. The number of rotatable bonds is 2. The fourth-order valence-electron chi connectivity index (χ4n) is 1.81. The van der Waals surface area contributed by atoms with Crippen LogP contribution in [0.15, 0.2) is 48.7 Å². The normalized spacial score (nSPS) is 10.7. The molecule has 0 atom stereocenters. The molecule has 88 valence electrons. The van der Waals surface area contributed by atoms with Gasteiger partial charge in [0, 0.05) is 17.8 Å². The third-order valence-corrected chi connectivity index (χ3v) is 2.65. The second-order valence-corrected chi connectivity index (χ2v) is 3.80. The average Bonchev–Trinajstić information content (AvgIpc) is 2.83. The van der Waals surface area contributed by atoms with Crippen LogP contribution in [0, 0.1) is 0 Å². The minimum absolute atomic E-state index is 0.0992. The second-order valence-electron chi connectivity index (χ2n) is 3.80. The van der Waals surface area contributed by atoms with E-state index in [0.29, 0.717) is 11.3 Å². The van der Waals surface area contributed by atoms with E-state index in [1.807, 2.05) is 30.3 Å². The molecule has 0 amide bonds. The summed E-state index contributed by atoms with van der Waals surface area (Å²) in [7, 11) is 0. The Hall–Kier alpha value is -2.69. The lowest BCUT2D eigenvalue weighted by Crippen LogP contribution is -2.06. The molecule has 0 aliphatic heterocycles. The average molecular weight is 239 g/mol. The van der Waals surface area contributed by atoms with Crippen LogP contribution < -0.4 is 0 Å². The van der Waals surface area contributed by atoms with Crippen molar-refractivity contribution < 1.29 is 9.90 Å². The van der Waals surface area contributed by atoms with Crippen LogP contribution >= 0.6 is 0 Å². The van der Waals surface area contributed by atoms with Gasteiger partial charge in [0.15, 0.2) is 11.3 Å². The van der Waals surface area contributed by atoms with Gasteiger partial charge in [0.05, 0.1) is 5.69 Å². The van der Waals surface area contributed by atoms with Gasteiger partial charge < -0.3 is 5.11 Å². The Bertz CT molecular complexity index is 719. The first-order chi connectivity index (χ1) is 8.75. The van der Waals surface area contributed by atoms with Gasteiger partial charge in [-0.2, -0.15) is 5.10 Å². The molecule has 0 saturated carbocycles. The summed E-state index contributed by atoms with van der Waals surface area (Å²) in [5.41, 5.74) is 2.26. The first-order valence-corrected chi connectivity index (χ1v) is 5.39. The molecule has 18 heavy (non-hydrogen) atoms. The lowest BCUT2D eigenvalue weighted by Gasteiger charge is -1.97. The summed E-state index contributed by atoms with van der Waals surface area (Å²) in [4.78, 5) is 15.2. The van der Waals surface area contributed by atoms with Crippen molar-refractivity contribution in [1.29, 1.82) is 0 Å². The highest BCUT2D eigenvalue weighted by Crippen LogP contribution is 2.19. The van der Waals surface area contributed by atoms with Crippen LogP contribution in [0.25, 0.3) is 16.9 Å². The smallest absolute Gasteiger partial charge is 0.354 e. The van der Waals surface area contributed by atoms with E-state index in [-0.39, 0.29) is 5.69 Å². The zero-order chi connectivity index (χ0) is 12.5. The van der Waals surface area contributed by atoms with Gasteiger partial charge in [0.25, 0.3) is 0 Å². The number of nitrogens with zero attached hydrogens (tertiary/aromatic N) is 3. The summed E-state index contributed by atoms with van der Waals surface area (Å²) in [6.45, 7) is 0. The molecule has 3 aromatic rings. The van der Waals surface area contributed by atoms with Crippen molar-refractivity contribution in [3.63, 3.8) is 0 Å². The van der Waals surface area contributed by atoms with Crippen molar-refractivity contribution in [2.45, 2.75) is 0 Å². The fourth-order valence-corrected chi connectivity index (χ4v) is 1.81. The molecule has 0 radical (unpaired) electrons. The number of carboxylic acid groups (broad SMARTS) is 1. The number of hydrogen-bond acceptors (Lipinski definition) is 3. The Labute approximate surface area is 102 Å². The van der Waals surface area contributed by atoms with Gasteiger partial charge in [-0.3, -0.25) is 0 Å².